The number of imidazole rings is 1. The van der Waals surface area contributed by atoms with Crippen molar-refractivity contribution < 1.29 is 14.2 Å². The summed E-state index contributed by atoms with van der Waals surface area (Å²) in [6, 6.07) is 22.6. The molecule has 0 aliphatic heterocycles. The monoisotopic (exact) mass is 470 g/mol. The van der Waals surface area contributed by atoms with Crippen LogP contribution in [0.2, 0.25) is 0 Å². The van der Waals surface area contributed by atoms with Crippen LogP contribution >= 0.6 is 0 Å². The van der Waals surface area contributed by atoms with Crippen molar-refractivity contribution in [2.24, 2.45) is 0 Å². The number of unbranched alkanes of at least 4 members (excludes halogenated alkanes) is 1. The molecule has 0 saturated heterocycles. The molecule has 0 aliphatic carbocycles. The van der Waals surface area contributed by atoms with Gasteiger partial charge in [-0.15, -0.1) is 6.58 Å². The van der Waals surface area contributed by atoms with E-state index < -0.39 is 0 Å². The minimum atomic E-state index is 0.435. The molecule has 1 heterocycles. The van der Waals surface area contributed by atoms with Crippen LogP contribution in [0.5, 0.6) is 17.2 Å². The third kappa shape index (κ3) is 6.24. The van der Waals surface area contributed by atoms with Gasteiger partial charge in [0.15, 0.2) is 11.5 Å². The molecular weight excluding hydrogens is 436 g/mol. The van der Waals surface area contributed by atoms with E-state index in [1.165, 1.54) is 5.56 Å². The zero-order chi connectivity index (χ0) is 24.5. The van der Waals surface area contributed by atoms with Crippen molar-refractivity contribution in [2.45, 2.75) is 45.8 Å². The number of fused-ring (bicyclic) bond motifs is 1. The van der Waals surface area contributed by atoms with Crippen LogP contribution in [0, 0.1) is 0 Å². The highest BCUT2D eigenvalue weighted by Crippen LogP contribution is 2.28. The second-order valence-electron chi connectivity index (χ2n) is 8.49. The summed E-state index contributed by atoms with van der Waals surface area (Å²) in [5.41, 5.74) is 4.59. The summed E-state index contributed by atoms with van der Waals surface area (Å²) >= 11 is 0. The Balaban J connectivity index is 1.36. The van der Waals surface area contributed by atoms with Crippen LogP contribution in [0.25, 0.3) is 11.0 Å². The van der Waals surface area contributed by atoms with E-state index in [0.717, 1.165) is 71.9 Å². The zero-order valence-corrected chi connectivity index (χ0v) is 20.7. The van der Waals surface area contributed by atoms with E-state index >= 15 is 0 Å². The van der Waals surface area contributed by atoms with E-state index in [-0.39, 0.29) is 0 Å². The van der Waals surface area contributed by atoms with Gasteiger partial charge in [0.25, 0.3) is 0 Å². The van der Waals surface area contributed by atoms with Gasteiger partial charge in [0.1, 0.15) is 18.2 Å². The second kappa shape index (κ2) is 12.1. The smallest absolute Gasteiger partial charge is 0.161 e. The minimum absolute atomic E-state index is 0.435. The van der Waals surface area contributed by atoms with Gasteiger partial charge < -0.3 is 18.8 Å². The summed E-state index contributed by atoms with van der Waals surface area (Å²) in [6.45, 7) is 7.86. The van der Waals surface area contributed by atoms with Crippen molar-refractivity contribution in [3.8, 4) is 17.2 Å². The molecular formula is C30H34N2O3. The molecule has 0 N–H and O–H groups in total. The normalized spacial score (nSPS) is 10.9. The maximum absolute atomic E-state index is 6.07. The number of hydrogen-bond acceptors (Lipinski definition) is 4. The molecule has 0 radical (unpaired) electrons. The summed E-state index contributed by atoms with van der Waals surface area (Å²) < 4.78 is 19.9. The van der Waals surface area contributed by atoms with E-state index in [4.69, 9.17) is 19.2 Å². The zero-order valence-electron chi connectivity index (χ0n) is 20.7. The van der Waals surface area contributed by atoms with Gasteiger partial charge in [0, 0.05) is 6.54 Å². The summed E-state index contributed by atoms with van der Waals surface area (Å²) in [5.74, 6) is 3.33. The first-order chi connectivity index (χ1) is 17.2. The van der Waals surface area contributed by atoms with E-state index in [1.54, 1.807) is 7.11 Å². The van der Waals surface area contributed by atoms with Crippen LogP contribution in [0.1, 0.15) is 36.7 Å². The number of benzene rings is 3. The van der Waals surface area contributed by atoms with Crippen molar-refractivity contribution in [2.75, 3.05) is 13.7 Å². The average Bonchev–Trinajstić information content (AvgIpc) is 3.25. The number of methoxy groups -OCH3 is 1. The Kier molecular flexibility index (Phi) is 8.44. The Morgan fingerprint density at radius 2 is 1.71 bits per heavy atom. The first-order valence-corrected chi connectivity index (χ1v) is 12.3. The highest BCUT2D eigenvalue weighted by atomic mass is 16.5. The molecule has 1 aromatic heterocycles. The fourth-order valence-electron chi connectivity index (χ4n) is 4.13. The summed E-state index contributed by atoms with van der Waals surface area (Å²) in [6.07, 6.45) is 5.60. The molecule has 0 saturated carbocycles. The molecule has 35 heavy (non-hydrogen) atoms. The SMILES string of the molecule is C=CCc1ccc(OCCCCn2c(COc3ccc(CC)cc3)nc3ccccc32)c(OC)c1. The minimum Gasteiger partial charge on any atom is -0.493 e. The molecule has 5 heteroatoms. The fourth-order valence-corrected chi connectivity index (χ4v) is 4.13. The topological polar surface area (TPSA) is 45.5 Å². The van der Waals surface area contributed by atoms with Gasteiger partial charge in [-0.25, -0.2) is 4.98 Å². The largest absolute Gasteiger partial charge is 0.493 e. The average molecular weight is 471 g/mol. The number of rotatable bonds is 13. The Labute approximate surface area is 208 Å². The number of ether oxygens (including phenoxy) is 3. The number of allylic oxidation sites excluding steroid dienone is 1. The summed E-state index contributed by atoms with van der Waals surface area (Å²) in [5, 5.41) is 0. The summed E-state index contributed by atoms with van der Waals surface area (Å²) in [7, 11) is 1.67. The van der Waals surface area contributed by atoms with Crippen molar-refractivity contribution in [3.63, 3.8) is 0 Å². The summed E-state index contributed by atoms with van der Waals surface area (Å²) in [4.78, 5) is 4.84. The van der Waals surface area contributed by atoms with E-state index in [1.807, 2.05) is 36.4 Å². The third-order valence-corrected chi connectivity index (χ3v) is 6.07. The van der Waals surface area contributed by atoms with Crippen molar-refractivity contribution >= 4 is 11.0 Å². The van der Waals surface area contributed by atoms with Crippen LogP contribution in [-0.4, -0.2) is 23.3 Å². The van der Waals surface area contributed by atoms with Gasteiger partial charge in [0.05, 0.1) is 24.8 Å². The predicted octanol–water partition coefficient (Wildman–Crippen LogP) is 6.77. The Morgan fingerprint density at radius 3 is 2.49 bits per heavy atom. The first-order valence-electron chi connectivity index (χ1n) is 12.3. The van der Waals surface area contributed by atoms with E-state index in [2.05, 4.69) is 54.5 Å². The molecule has 0 unspecified atom stereocenters. The molecule has 3 aromatic carbocycles. The van der Waals surface area contributed by atoms with Gasteiger partial charge in [-0.1, -0.05) is 43.3 Å². The number of aryl methyl sites for hydroxylation is 2. The Morgan fingerprint density at radius 1 is 0.914 bits per heavy atom. The molecule has 4 aromatic rings. The number of nitrogens with zero attached hydrogens (tertiary/aromatic N) is 2. The Hall–Kier alpha value is -3.73. The molecule has 0 fully saturated rings. The highest BCUT2D eigenvalue weighted by Gasteiger charge is 2.11. The quantitative estimate of drug-likeness (QED) is 0.160. The van der Waals surface area contributed by atoms with Gasteiger partial charge in [-0.2, -0.15) is 0 Å². The van der Waals surface area contributed by atoms with Crippen LogP contribution < -0.4 is 14.2 Å². The van der Waals surface area contributed by atoms with Gasteiger partial charge in [0.2, 0.25) is 0 Å². The molecule has 0 bridgehead atoms. The number of para-hydroxylation sites is 2. The Bertz CT molecular complexity index is 1240. The van der Waals surface area contributed by atoms with E-state index in [0.29, 0.717) is 13.2 Å². The number of hydrogen-bond donors (Lipinski definition) is 0. The van der Waals surface area contributed by atoms with Crippen LogP contribution in [0.15, 0.2) is 79.4 Å². The van der Waals surface area contributed by atoms with Crippen molar-refractivity contribution in [1.82, 2.24) is 9.55 Å². The molecule has 182 valence electrons. The molecule has 0 spiro atoms. The van der Waals surface area contributed by atoms with Crippen LogP contribution in [-0.2, 0) is 26.0 Å². The lowest BCUT2D eigenvalue weighted by molar-refractivity contribution is 0.278. The van der Waals surface area contributed by atoms with Crippen molar-refractivity contribution in [1.29, 1.82) is 0 Å². The van der Waals surface area contributed by atoms with Gasteiger partial charge in [-0.3, -0.25) is 0 Å². The lowest BCUT2D eigenvalue weighted by Gasteiger charge is -2.13. The molecule has 4 rings (SSSR count). The van der Waals surface area contributed by atoms with Crippen LogP contribution in [0.4, 0.5) is 0 Å². The fraction of sp³-hybridized carbons (Fsp3) is 0.300. The maximum Gasteiger partial charge on any atom is 0.161 e. The van der Waals surface area contributed by atoms with Gasteiger partial charge in [-0.05, 0) is 73.2 Å². The number of aromatic nitrogens is 2. The first kappa shape index (κ1) is 24.4. The molecule has 0 atom stereocenters. The lowest BCUT2D eigenvalue weighted by atomic mass is 10.1. The highest BCUT2D eigenvalue weighted by molar-refractivity contribution is 5.75. The molecule has 0 aliphatic rings. The predicted molar refractivity (Wildman–Crippen MR) is 142 cm³/mol. The lowest BCUT2D eigenvalue weighted by Crippen LogP contribution is -2.09. The van der Waals surface area contributed by atoms with Gasteiger partial charge >= 0.3 is 0 Å². The standard InChI is InChI=1S/C30H34N2O3/c1-4-10-24-15-18-28(29(21-24)33-3)34-20-9-8-19-32-27-12-7-6-11-26(27)31-30(32)22-35-25-16-13-23(5-2)14-17-25/h4,6-7,11-18,21H,1,5,8-10,19-20,22H2,2-3H3. The second-order valence-corrected chi connectivity index (χ2v) is 8.49. The maximum atomic E-state index is 6.07. The molecule has 5 nitrogen and oxygen atoms in total. The van der Waals surface area contributed by atoms with Crippen LogP contribution in [0.3, 0.4) is 0 Å². The van der Waals surface area contributed by atoms with E-state index in [9.17, 15) is 0 Å². The molecule has 0 amide bonds. The third-order valence-electron chi connectivity index (χ3n) is 6.07. The van der Waals surface area contributed by atoms with Crippen molar-refractivity contribution in [3.05, 3.63) is 96.3 Å².